The Morgan fingerprint density at radius 3 is 2.43 bits per heavy atom. The van der Waals surface area contributed by atoms with Crippen LogP contribution in [0.25, 0.3) is 0 Å². The summed E-state index contributed by atoms with van der Waals surface area (Å²) < 4.78 is 0. The van der Waals surface area contributed by atoms with Gasteiger partial charge in [-0.25, -0.2) is 4.79 Å². The topological polar surface area (TPSA) is 57.5 Å². The minimum Gasteiger partial charge on any atom is -0.478 e. The fourth-order valence-electron chi connectivity index (χ4n) is 3.04. The predicted molar refractivity (Wildman–Crippen MR) is 95.2 cm³/mol. The number of rotatable bonds is 5. The smallest absolute Gasteiger partial charge is 0.328 e. The van der Waals surface area contributed by atoms with E-state index in [1.807, 2.05) is 19.1 Å². The maximum atomic E-state index is 10.5. The van der Waals surface area contributed by atoms with Crippen LogP contribution in [0.5, 0.6) is 0 Å². The summed E-state index contributed by atoms with van der Waals surface area (Å²) in [6.07, 6.45) is 12.2. The monoisotopic (exact) mass is 316 g/mol. The molecule has 0 aromatic carbocycles. The fourth-order valence-corrected chi connectivity index (χ4v) is 3.04. The van der Waals surface area contributed by atoms with Crippen molar-refractivity contribution in [3.05, 3.63) is 58.7 Å². The summed E-state index contributed by atoms with van der Waals surface area (Å²) in [7, 11) is 0. The van der Waals surface area contributed by atoms with E-state index in [-0.39, 0.29) is 11.5 Å². The van der Waals surface area contributed by atoms with Crippen molar-refractivity contribution >= 4 is 5.97 Å². The third-order valence-electron chi connectivity index (χ3n) is 4.06. The van der Waals surface area contributed by atoms with E-state index >= 15 is 0 Å². The summed E-state index contributed by atoms with van der Waals surface area (Å²) in [5, 5.41) is 18.6. The van der Waals surface area contributed by atoms with Gasteiger partial charge in [-0.2, -0.15) is 0 Å². The summed E-state index contributed by atoms with van der Waals surface area (Å²) in [6.45, 7) is 10.2. The predicted octanol–water partition coefficient (Wildman–Crippen LogP) is 4.57. The number of carboxylic acid groups (broad SMARTS) is 1. The molecule has 0 aliphatic heterocycles. The number of carboxylic acids is 1. The van der Waals surface area contributed by atoms with Crippen LogP contribution in [-0.2, 0) is 4.79 Å². The van der Waals surface area contributed by atoms with Gasteiger partial charge in [-0.15, -0.1) is 0 Å². The maximum absolute atomic E-state index is 10.5. The van der Waals surface area contributed by atoms with Crippen molar-refractivity contribution < 1.29 is 15.0 Å². The van der Waals surface area contributed by atoms with Crippen LogP contribution in [-0.4, -0.2) is 22.3 Å². The number of hydrogen-bond donors (Lipinski definition) is 2. The van der Waals surface area contributed by atoms with Crippen LogP contribution in [0, 0.1) is 5.41 Å². The lowest BCUT2D eigenvalue weighted by Crippen LogP contribution is -2.28. The molecule has 0 spiro atoms. The highest BCUT2D eigenvalue weighted by Crippen LogP contribution is 2.40. The van der Waals surface area contributed by atoms with E-state index in [0.29, 0.717) is 5.57 Å². The van der Waals surface area contributed by atoms with Crippen molar-refractivity contribution in [2.24, 2.45) is 5.41 Å². The van der Waals surface area contributed by atoms with Crippen LogP contribution < -0.4 is 0 Å². The third kappa shape index (κ3) is 6.41. The summed E-state index contributed by atoms with van der Waals surface area (Å²) in [6, 6.07) is 0. The van der Waals surface area contributed by atoms with Gasteiger partial charge in [0, 0.05) is 6.08 Å². The van der Waals surface area contributed by atoms with E-state index in [2.05, 4.69) is 32.9 Å². The zero-order valence-electron chi connectivity index (χ0n) is 14.8. The molecule has 1 unspecified atom stereocenters. The first-order valence-electron chi connectivity index (χ1n) is 7.94. The summed E-state index contributed by atoms with van der Waals surface area (Å²) in [4.78, 5) is 10.5. The van der Waals surface area contributed by atoms with E-state index < -0.39 is 5.97 Å². The van der Waals surface area contributed by atoms with Crippen molar-refractivity contribution in [2.75, 3.05) is 0 Å². The maximum Gasteiger partial charge on any atom is 0.328 e. The molecule has 126 valence electrons. The molecule has 0 saturated carbocycles. The Hall–Kier alpha value is -1.87. The average molecular weight is 316 g/mol. The molecule has 2 N–H and O–H groups in total. The molecule has 0 heterocycles. The van der Waals surface area contributed by atoms with Gasteiger partial charge in [0.25, 0.3) is 0 Å². The molecular weight excluding hydrogens is 288 g/mol. The number of carbonyl (C=O) groups is 1. The highest BCUT2D eigenvalue weighted by Gasteiger charge is 2.31. The molecule has 23 heavy (non-hydrogen) atoms. The molecular formula is C20H28O3. The van der Waals surface area contributed by atoms with Gasteiger partial charge >= 0.3 is 5.97 Å². The minimum absolute atomic E-state index is 0.0187. The molecule has 1 rings (SSSR count). The van der Waals surface area contributed by atoms with E-state index in [9.17, 15) is 9.90 Å². The van der Waals surface area contributed by atoms with Gasteiger partial charge in [-0.3, -0.25) is 0 Å². The quantitative estimate of drug-likeness (QED) is 0.577. The first-order chi connectivity index (χ1) is 10.6. The van der Waals surface area contributed by atoms with Crippen molar-refractivity contribution in [1.29, 1.82) is 0 Å². The van der Waals surface area contributed by atoms with Crippen LogP contribution in [0.2, 0.25) is 0 Å². The first kappa shape index (κ1) is 19.2. The number of aliphatic hydroxyl groups is 1. The van der Waals surface area contributed by atoms with Crippen LogP contribution >= 0.6 is 0 Å². The number of aliphatic carboxylic acids is 1. The minimum atomic E-state index is -0.933. The Kier molecular flexibility index (Phi) is 6.77. The van der Waals surface area contributed by atoms with Crippen LogP contribution in [0.15, 0.2) is 58.7 Å². The summed E-state index contributed by atoms with van der Waals surface area (Å²) >= 11 is 0. The summed E-state index contributed by atoms with van der Waals surface area (Å²) in [5.74, 6) is -0.933. The second-order valence-electron chi connectivity index (χ2n) is 6.97. The van der Waals surface area contributed by atoms with E-state index in [1.54, 1.807) is 13.0 Å². The second kappa shape index (κ2) is 8.11. The van der Waals surface area contributed by atoms with Crippen molar-refractivity contribution in [2.45, 2.75) is 53.6 Å². The van der Waals surface area contributed by atoms with E-state index in [0.717, 1.165) is 18.4 Å². The molecule has 0 amide bonds. The van der Waals surface area contributed by atoms with E-state index in [1.165, 1.54) is 17.2 Å². The Labute approximate surface area is 139 Å². The van der Waals surface area contributed by atoms with E-state index in [4.69, 9.17) is 5.11 Å². The standard InChI is InChI=1S/C20H28O3/c1-14(7-6-8-15(2)11-19(22)23)9-10-18-16(3)12-17(21)13-20(18,4)5/h6-11,17,21H,12-13H2,1-5H3,(H,22,23). The van der Waals surface area contributed by atoms with Gasteiger partial charge in [0.05, 0.1) is 6.10 Å². The number of aliphatic hydroxyl groups excluding tert-OH is 1. The Morgan fingerprint density at radius 2 is 1.87 bits per heavy atom. The van der Waals surface area contributed by atoms with Crippen LogP contribution in [0.4, 0.5) is 0 Å². The molecule has 0 saturated heterocycles. The SMILES string of the molecule is CC(C=CC1=C(C)CC(O)CC1(C)C)=CC=CC(C)=CC(=O)O. The zero-order chi connectivity index (χ0) is 17.6. The lowest BCUT2D eigenvalue weighted by atomic mass is 9.71. The lowest BCUT2D eigenvalue weighted by Gasteiger charge is -2.35. The summed E-state index contributed by atoms with van der Waals surface area (Å²) in [5.41, 5.74) is 4.31. The largest absolute Gasteiger partial charge is 0.478 e. The molecule has 0 fully saturated rings. The van der Waals surface area contributed by atoms with Crippen LogP contribution in [0.3, 0.4) is 0 Å². The second-order valence-corrected chi connectivity index (χ2v) is 6.97. The van der Waals surface area contributed by atoms with Crippen molar-refractivity contribution in [3.63, 3.8) is 0 Å². The number of allylic oxidation sites excluding steroid dienone is 8. The Morgan fingerprint density at radius 1 is 1.22 bits per heavy atom. The normalized spacial score (nSPS) is 23.1. The molecule has 0 aromatic rings. The fraction of sp³-hybridized carbons (Fsp3) is 0.450. The highest BCUT2D eigenvalue weighted by atomic mass is 16.4. The van der Waals surface area contributed by atoms with Gasteiger partial charge < -0.3 is 10.2 Å². The number of hydrogen-bond acceptors (Lipinski definition) is 2. The third-order valence-corrected chi connectivity index (χ3v) is 4.06. The average Bonchev–Trinajstić information content (AvgIpc) is 2.35. The van der Waals surface area contributed by atoms with Gasteiger partial charge in [0.2, 0.25) is 0 Å². The van der Waals surface area contributed by atoms with Gasteiger partial charge in [0.1, 0.15) is 0 Å². The molecule has 3 nitrogen and oxygen atoms in total. The van der Waals surface area contributed by atoms with Crippen LogP contribution in [0.1, 0.15) is 47.5 Å². The Balaban J connectivity index is 2.84. The zero-order valence-corrected chi connectivity index (χ0v) is 14.8. The molecule has 0 bridgehead atoms. The van der Waals surface area contributed by atoms with Crippen molar-refractivity contribution in [1.82, 2.24) is 0 Å². The van der Waals surface area contributed by atoms with Gasteiger partial charge in [0.15, 0.2) is 0 Å². The Bertz CT molecular complexity index is 598. The van der Waals surface area contributed by atoms with Gasteiger partial charge in [-0.05, 0) is 50.2 Å². The molecule has 1 aliphatic rings. The first-order valence-corrected chi connectivity index (χ1v) is 7.94. The lowest BCUT2D eigenvalue weighted by molar-refractivity contribution is -0.131. The molecule has 0 aromatic heterocycles. The molecule has 3 heteroatoms. The molecule has 1 atom stereocenters. The highest BCUT2D eigenvalue weighted by molar-refractivity contribution is 5.81. The van der Waals surface area contributed by atoms with Gasteiger partial charge in [-0.1, -0.05) is 55.4 Å². The van der Waals surface area contributed by atoms with Crippen molar-refractivity contribution in [3.8, 4) is 0 Å². The molecule has 0 radical (unpaired) electrons. The molecule has 1 aliphatic carbocycles.